The number of allylic oxidation sites excluding steroid dienone is 6. The van der Waals surface area contributed by atoms with Crippen LogP contribution in [0.1, 0.15) is 47.5 Å². The molecule has 19 heavy (non-hydrogen) atoms. The highest BCUT2D eigenvalue weighted by Crippen LogP contribution is 2.39. The van der Waals surface area contributed by atoms with E-state index in [4.69, 9.17) is 0 Å². The summed E-state index contributed by atoms with van der Waals surface area (Å²) in [4.78, 5) is 1.20. The van der Waals surface area contributed by atoms with Gasteiger partial charge in [0.1, 0.15) is 0 Å². The zero-order valence-electron chi connectivity index (χ0n) is 13.3. The molecule has 0 aliphatic heterocycles. The molecular formula is C18H28S. The van der Waals surface area contributed by atoms with Crippen LogP contribution in [0.25, 0.3) is 0 Å². The predicted molar refractivity (Wildman–Crippen MR) is 90.4 cm³/mol. The predicted octanol–water partition coefficient (Wildman–Crippen LogP) is 6.14. The minimum atomic E-state index is 0.493. The third-order valence-corrected chi connectivity index (χ3v) is 4.91. The van der Waals surface area contributed by atoms with Crippen LogP contribution in [0.4, 0.5) is 0 Å². The van der Waals surface area contributed by atoms with E-state index in [9.17, 15) is 0 Å². The van der Waals surface area contributed by atoms with E-state index >= 15 is 0 Å². The summed E-state index contributed by atoms with van der Waals surface area (Å²) in [6, 6.07) is 0. The molecule has 1 unspecified atom stereocenters. The first-order valence-electron chi connectivity index (χ1n) is 7.23. The van der Waals surface area contributed by atoms with Gasteiger partial charge < -0.3 is 0 Å². The van der Waals surface area contributed by atoms with Gasteiger partial charge in [0, 0.05) is 10.8 Å². The summed E-state index contributed by atoms with van der Waals surface area (Å²) in [5, 5.41) is 0. The van der Waals surface area contributed by atoms with Crippen molar-refractivity contribution in [2.45, 2.75) is 47.5 Å². The van der Waals surface area contributed by atoms with Gasteiger partial charge in [-0.1, -0.05) is 45.1 Å². The summed E-state index contributed by atoms with van der Waals surface area (Å²) in [5.74, 6) is 1.12. The summed E-state index contributed by atoms with van der Waals surface area (Å²) in [6.45, 7) is 15.5. The highest BCUT2D eigenvalue weighted by atomic mass is 32.2. The third-order valence-electron chi connectivity index (χ3n) is 4.18. The van der Waals surface area contributed by atoms with Crippen LogP contribution in [0.15, 0.2) is 45.9 Å². The molecule has 1 rings (SSSR count). The molecule has 0 radical (unpaired) electrons. The van der Waals surface area contributed by atoms with Gasteiger partial charge >= 0.3 is 0 Å². The van der Waals surface area contributed by atoms with E-state index < -0.39 is 0 Å². The van der Waals surface area contributed by atoms with Crippen LogP contribution in [-0.4, -0.2) is 6.26 Å². The fourth-order valence-electron chi connectivity index (χ4n) is 3.08. The molecule has 0 aromatic heterocycles. The van der Waals surface area contributed by atoms with Crippen molar-refractivity contribution in [1.29, 1.82) is 0 Å². The molecule has 1 heteroatoms. The minimum Gasteiger partial charge on any atom is -0.130 e. The van der Waals surface area contributed by atoms with Gasteiger partial charge in [-0.15, -0.1) is 11.8 Å². The second kappa shape index (κ2) is 7.19. The van der Waals surface area contributed by atoms with Gasteiger partial charge in [0.2, 0.25) is 0 Å². The maximum Gasteiger partial charge on any atom is 0.00333 e. The molecule has 0 amide bonds. The zero-order valence-corrected chi connectivity index (χ0v) is 14.2. The molecule has 1 aliphatic carbocycles. The molecule has 0 bridgehead atoms. The first-order valence-corrected chi connectivity index (χ1v) is 8.46. The van der Waals surface area contributed by atoms with Crippen LogP contribution in [-0.2, 0) is 0 Å². The van der Waals surface area contributed by atoms with Gasteiger partial charge in [0.05, 0.1) is 0 Å². The topological polar surface area (TPSA) is 0 Å². The summed E-state index contributed by atoms with van der Waals surface area (Å²) < 4.78 is 0. The monoisotopic (exact) mass is 276 g/mol. The molecule has 0 spiro atoms. The minimum absolute atomic E-state index is 0.493. The van der Waals surface area contributed by atoms with Crippen molar-refractivity contribution in [1.82, 2.24) is 0 Å². The van der Waals surface area contributed by atoms with Crippen LogP contribution in [0.3, 0.4) is 0 Å². The fraction of sp³-hybridized carbons (Fsp3) is 0.556. The molecule has 0 aromatic rings. The second-order valence-corrected chi connectivity index (χ2v) is 6.50. The van der Waals surface area contributed by atoms with Crippen LogP contribution >= 0.6 is 11.8 Å². The average molecular weight is 276 g/mol. The van der Waals surface area contributed by atoms with Crippen molar-refractivity contribution in [2.24, 2.45) is 11.8 Å². The Bertz CT molecular complexity index is 433. The molecule has 0 aromatic carbocycles. The van der Waals surface area contributed by atoms with Gasteiger partial charge in [-0.05, 0) is 55.6 Å². The highest BCUT2D eigenvalue weighted by molar-refractivity contribution is 8.02. The lowest BCUT2D eigenvalue weighted by Gasteiger charge is -2.28. The number of hydrogen-bond donors (Lipinski definition) is 0. The SMILES string of the molecule is C=C(SC)/C(=C\C)C(C)C1=C(C)C(C(C)C)=CCC1. The zero-order chi connectivity index (χ0) is 14.6. The number of hydrogen-bond acceptors (Lipinski definition) is 1. The first kappa shape index (κ1) is 16.4. The molecule has 106 valence electrons. The number of rotatable bonds is 5. The lowest BCUT2D eigenvalue weighted by molar-refractivity contribution is 0.690. The van der Waals surface area contributed by atoms with Gasteiger partial charge in [-0.25, -0.2) is 0 Å². The lowest BCUT2D eigenvalue weighted by atomic mass is 9.79. The quantitative estimate of drug-likeness (QED) is 0.544. The first-order chi connectivity index (χ1) is 8.93. The van der Waals surface area contributed by atoms with E-state index in [0.29, 0.717) is 11.8 Å². The molecular weight excluding hydrogens is 248 g/mol. The van der Waals surface area contributed by atoms with Crippen LogP contribution in [0.2, 0.25) is 0 Å². The van der Waals surface area contributed by atoms with Gasteiger partial charge in [-0.3, -0.25) is 0 Å². The Kier molecular flexibility index (Phi) is 6.19. The molecule has 1 atom stereocenters. The fourth-order valence-corrected chi connectivity index (χ4v) is 3.61. The van der Waals surface area contributed by atoms with Crippen LogP contribution in [0, 0.1) is 11.8 Å². The normalized spacial score (nSPS) is 18.7. The van der Waals surface area contributed by atoms with E-state index in [1.165, 1.54) is 28.9 Å². The molecule has 0 saturated carbocycles. The average Bonchev–Trinajstić information content (AvgIpc) is 2.38. The molecule has 0 nitrogen and oxygen atoms in total. The Balaban J connectivity index is 3.11. The van der Waals surface area contributed by atoms with E-state index in [1.54, 1.807) is 22.9 Å². The summed E-state index contributed by atoms with van der Waals surface area (Å²) in [5.41, 5.74) is 6.06. The van der Waals surface area contributed by atoms with E-state index in [0.717, 1.165) is 0 Å². The molecule has 0 fully saturated rings. The van der Waals surface area contributed by atoms with Crippen LogP contribution in [0.5, 0.6) is 0 Å². The maximum atomic E-state index is 4.20. The molecule has 0 N–H and O–H groups in total. The second-order valence-electron chi connectivity index (χ2n) is 5.60. The molecule has 1 aliphatic rings. The van der Waals surface area contributed by atoms with Gasteiger partial charge in [-0.2, -0.15) is 0 Å². The smallest absolute Gasteiger partial charge is 0.00333 e. The van der Waals surface area contributed by atoms with Crippen molar-refractivity contribution in [3.05, 3.63) is 45.9 Å². The van der Waals surface area contributed by atoms with Crippen molar-refractivity contribution < 1.29 is 0 Å². The number of thioether (sulfide) groups is 1. The summed E-state index contributed by atoms with van der Waals surface area (Å²) >= 11 is 1.76. The van der Waals surface area contributed by atoms with E-state index in [1.807, 2.05) is 0 Å². The van der Waals surface area contributed by atoms with Gasteiger partial charge in [0.25, 0.3) is 0 Å². The summed E-state index contributed by atoms with van der Waals surface area (Å²) in [7, 11) is 0. The molecule has 0 heterocycles. The maximum absolute atomic E-state index is 4.20. The Morgan fingerprint density at radius 1 is 1.37 bits per heavy atom. The Morgan fingerprint density at radius 2 is 2.00 bits per heavy atom. The van der Waals surface area contributed by atoms with E-state index in [-0.39, 0.29) is 0 Å². The highest BCUT2D eigenvalue weighted by Gasteiger charge is 2.22. The van der Waals surface area contributed by atoms with Crippen molar-refractivity contribution in [3.8, 4) is 0 Å². The van der Waals surface area contributed by atoms with Crippen molar-refractivity contribution in [3.63, 3.8) is 0 Å². The Hall–Kier alpha value is -0.690. The van der Waals surface area contributed by atoms with Gasteiger partial charge in [0.15, 0.2) is 0 Å². The standard InChI is InChI=1S/C18H28S/c1-8-16(15(6)19-7)13(4)18-11-9-10-17(12(2)3)14(18)5/h8,10,12-13H,6,9,11H2,1-5,7H3/b16-8-. The third kappa shape index (κ3) is 3.66. The van der Waals surface area contributed by atoms with Crippen molar-refractivity contribution >= 4 is 11.8 Å². The summed E-state index contributed by atoms with van der Waals surface area (Å²) in [6.07, 6.45) is 9.15. The lowest BCUT2D eigenvalue weighted by Crippen LogP contribution is -2.12. The van der Waals surface area contributed by atoms with Crippen molar-refractivity contribution in [2.75, 3.05) is 6.26 Å². The Morgan fingerprint density at radius 3 is 2.47 bits per heavy atom. The van der Waals surface area contributed by atoms with E-state index in [2.05, 4.69) is 59.6 Å². The molecule has 0 saturated heterocycles. The Labute approximate surface area is 123 Å². The van der Waals surface area contributed by atoms with Crippen LogP contribution < -0.4 is 0 Å². The largest absolute Gasteiger partial charge is 0.130 e.